The number of hydrogen-bond acceptors (Lipinski definition) is 6. The highest BCUT2D eigenvalue weighted by molar-refractivity contribution is 7.89. The molecule has 2 aromatic rings. The third-order valence-electron chi connectivity index (χ3n) is 4.82. The van der Waals surface area contributed by atoms with Crippen LogP contribution in [-0.4, -0.2) is 62.0 Å². The van der Waals surface area contributed by atoms with E-state index in [1.54, 1.807) is 6.07 Å². The van der Waals surface area contributed by atoms with Gasteiger partial charge in [-0.05, 0) is 18.2 Å². The van der Waals surface area contributed by atoms with Crippen LogP contribution in [0.1, 0.15) is 10.4 Å². The van der Waals surface area contributed by atoms with Crippen LogP contribution < -0.4 is 10.2 Å². The molecule has 1 fully saturated rings. The van der Waals surface area contributed by atoms with Gasteiger partial charge in [-0.2, -0.15) is 4.31 Å². The van der Waals surface area contributed by atoms with E-state index in [4.69, 9.17) is 11.6 Å². The van der Waals surface area contributed by atoms with Crippen LogP contribution in [0, 0.1) is 10.1 Å². The molecule has 0 aliphatic carbocycles. The number of nitrogens with zero attached hydrogens (tertiary/aromatic N) is 3. The lowest BCUT2D eigenvalue weighted by atomic mass is 10.1. The van der Waals surface area contributed by atoms with E-state index in [1.165, 1.54) is 28.6 Å². The number of piperazine rings is 1. The van der Waals surface area contributed by atoms with Crippen molar-refractivity contribution in [3.8, 4) is 0 Å². The molecular formula is C19H21ClN4O5S. The fourth-order valence-corrected chi connectivity index (χ4v) is 4.85. The number of carbonyl (C=O) groups is 1. The maximum Gasteiger partial charge on any atom is 0.282 e. The summed E-state index contributed by atoms with van der Waals surface area (Å²) in [6, 6.07) is 12.9. The molecule has 2 aromatic carbocycles. The smallest absolute Gasteiger partial charge is 0.282 e. The highest BCUT2D eigenvalue weighted by Gasteiger charge is 2.28. The van der Waals surface area contributed by atoms with Crippen LogP contribution >= 0.6 is 11.6 Å². The van der Waals surface area contributed by atoms with Crippen molar-refractivity contribution in [2.24, 2.45) is 0 Å². The van der Waals surface area contributed by atoms with Gasteiger partial charge in [0, 0.05) is 38.8 Å². The quantitative estimate of drug-likeness (QED) is 0.508. The monoisotopic (exact) mass is 452 g/mol. The van der Waals surface area contributed by atoms with Crippen LogP contribution in [0.4, 0.5) is 11.4 Å². The van der Waals surface area contributed by atoms with E-state index < -0.39 is 20.9 Å². The Bertz CT molecular complexity index is 1040. The fourth-order valence-electron chi connectivity index (χ4n) is 3.26. The summed E-state index contributed by atoms with van der Waals surface area (Å²) in [7, 11) is -3.58. The Kier molecular flexibility index (Phi) is 6.91. The molecule has 0 spiro atoms. The average molecular weight is 453 g/mol. The van der Waals surface area contributed by atoms with Gasteiger partial charge in [0.2, 0.25) is 10.0 Å². The van der Waals surface area contributed by atoms with Crippen LogP contribution in [0.2, 0.25) is 5.02 Å². The lowest BCUT2D eigenvalue weighted by Crippen LogP contribution is -2.50. The van der Waals surface area contributed by atoms with Crippen molar-refractivity contribution < 1.29 is 18.1 Å². The molecule has 0 radical (unpaired) electrons. The van der Waals surface area contributed by atoms with E-state index >= 15 is 0 Å². The number of benzene rings is 2. The predicted octanol–water partition coefficient (Wildman–Crippen LogP) is 2.13. The molecule has 0 bridgehead atoms. The van der Waals surface area contributed by atoms with E-state index in [0.717, 1.165) is 5.69 Å². The standard InChI is InChI=1S/C19H21ClN4O5S/c20-16-6-2-4-8-18(16)22-10-12-23(13-11-22)30(28,29)14-9-21-19(25)15-5-1-3-7-17(15)24(26)27/h1-8H,9-14H2,(H,21,25). The van der Waals surface area contributed by atoms with Gasteiger partial charge in [0.25, 0.3) is 11.6 Å². The number of sulfonamides is 1. The Labute approximate surface area is 179 Å². The van der Waals surface area contributed by atoms with Crippen LogP contribution in [-0.2, 0) is 10.0 Å². The third-order valence-corrected chi connectivity index (χ3v) is 7.01. The van der Waals surface area contributed by atoms with E-state index in [2.05, 4.69) is 5.32 Å². The molecule has 11 heteroatoms. The van der Waals surface area contributed by atoms with Gasteiger partial charge < -0.3 is 10.2 Å². The second-order valence-corrected chi connectivity index (χ2v) is 9.18. The number of rotatable bonds is 7. The highest BCUT2D eigenvalue weighted by atomic mass is 35.5. The third kappa shape index (κ3) is 5.07. The first-order chi connectivity index (χ1) is 14.3. The molecule has 160 valence electrons. The number of para-hydroxylation sites is 2. The maximum atomic E-state index is 12.6. The summed E-state index contributed by atoms with van der Waals surface area (Å²) in [6.45, 7) is 1.49. The summed E-state index contributed by atoms with van der Waals surface area (Å²) in [5.74, 6) is -0.966. The summed E-state index contributed by atoms with van der Waals surface area (Å²) >= 11 is 6.21. The SMILES string of the molecule is O=C(NCCS(=O)(=O)N1CCN(c2ccccc2Cl)CC1)c1ccccc1[N+](=O)[O-]. The van der Waals surface area contributed by atoms with Gasteiger partial charge in [-0.25, -0.2) is 8.42 Å². The molecule has 0 saturated carbocycles. The normalized spacial score (nSPS) is 15.0. The minimum atomic E-state index is -3.58. The van der Waals surface area contributed by atoms with Gasteiger partial charge in [0.05, 0.1) is 21.4 Å². The zero-order valence-electron chi connectivity index (χ0n) is 16.0. The molecule has 1 aliphatic rings. The molecular weight excluding hydrogens is 432 g/mol. The van der Waals surface area contributed by atoms with E-state index in [-0.39, 0.29) is 23.5 Å². The van der Waals surface area contributed by atoms with Crippen LogP contribution in [0.15, 0.2) is 48.5 Å². The van der Waals surface area contributed by atoms with Crippen molar-refractivity contribution in [2.75, 3.05) is 43.4 Å². The molecule has 9 nitrogen and oxygen atoms in total. The minimum absolute atomic E-state index is 0.103. The second kappa shape index (κ2) is 9.41. The van der Waals surface area contributed by atoms with E-state index in [9.17, 15) is 23.3 Å². The number of carbonyl (C=O) groups excluding carboxylic acids is 1. The zero-order chi connectivity index (χ0) is 21.7. The largest absolute Gasteiger partial charge is 0.368 e. The Hall–Kier alpha value is -2.69. The topological polar surface area (TPSA) is 113 Å². The van der Waals surface area contributed by atoms with Crippen LogP contribution in [0.25, 0.3) is 0 Å². The number of hydrogen-bond donors (Lipinski definition) is 1. The van der Waals surface area contributed by atoms with Crippen LogP contribution in [0.5, 0.6) is 0 Å². The zero-order valence-corrected chi connectivity index (χ0v) is 17.6. The number of nitrogens with one attached hydrogen (secondary N) is 1. The van der Waals surface area contributed by atoms with Crippen molar-refractivity contribution in [3.05, 3.63) is 69.2 Å². The number of amides is 1. The van der Waals surface area contributed by atoms with Gasteiger partial charge in [-0.15, -0.1) is 0 Å². The van der Waals surface area contributed by atoms with Gasteiger partial charge >= 0.3 is 0 Å². The summed E-state index contributed by atoms with van der Waals surface area (Å²) in [5.41, 5.74) is 0.440. The first kappa shape index (κ1) is 22.0. The van der Waals surface area contributed by atoms with Gasteiger partial charge in [0.15, 0.2) is 0 Å². The Morgan fingerprint density at radius 1 is 1.07 bits per heavy atom. The molecule has 30 heavy (non-hydrogen) atoms. The molecule has 0 unspecified atom stereocenters. The molecule has 1 saturated heterocycles. The number of nitro benzene ring substituents is 1. The summed E-state index contributed by atoms with van der Waals surface area (Å²) in [4.78, 5) is 24.6. The van der Waals surface area contributed by atoms with Crippen molar-refractivity contribution in [1.82, 2.24) is 9.62 Å². The summed E-state index contributed by atoms with van der Waals surface area (Å²) in [5, 5.41) is 14.1. The fraction of sp³-hybridized carbons (Fsp3) is 0.316. The second-order valence-electron chi connectivity index (χ2n) is 6.68. The van der Waals surface area contributed by atoms with E-state index in [0.29, 0.717) is 31.2 Å². The Morgan fingerprint density at radius 3 is 2.37 bits per heavy atom. The van der Waals surface area contributed by atoms with Gasteiger partial charge in [-0.1, -0.05) is 35.9 Å². The number of halogens is 1. The van der Waals surface area contributed by atoms with Crippen LogP contribution in [0.3, 0.4) is 0 Å². The average Bonchev–Trinajstić information content (AvgIpc) is 2.74. The maximum absolute atomic E-state index is 12.6. The van der Waals surface area contributed by atoms with Gasteiger partial charge in [-0.3, -0.25) is 14.9 Å². The van der Waals surface area contributed by atoms with Crippen molar-refractivity contribution in [1.29, 1.82) is 0 Å². The Morgan fingerprint density at radius 2 is 1.70 bits per heavy atom. The lowest BCUT2D eigenvalue weighted by Gasteiger charge is -2.35. The molecule has 1 aliphatic heterocycles. The van der Waals surface area contributed by atoms with Crippen molar-refractivity contribution >= 4 is 38.9 Å². The minimum Gasteiger partial charge on any atom is -0.368 e. The predicted molar refractivity (Wildman–Crippen MR) is 114 cm³/mol. The van der Waals surface area contributed by atoms with Crippen molar-refractivity contribution in [2.45, 2.75) is 0 Å². The van der Waals surface area contributed by atoms with Crippen molar-refractivity contribution in [3.63, 3.8) is 0 Å². The van der Waals surface area contributed by atoms with Gasteiger partial charge in [0.1, 0.15) is 5.56 Å². The number of anilines is 1. The molecule has 1 amide bonds. The molecule has 1 N–H and O–H groups in total. The molecule has 3 rings (SSSR count). The first-order valence-electron chi connectivity index (χ1n) is 9.28. The number of nitro groups is 1. The summed E-state index contributed by atoms with van der Waals surface area (Å²) < 4.78 is 26.6. The summed E-state index contributed by atoms with van der Waals surface area (Å²) in [6.07, 6.45) is 0. The van der Waals surface area contributed by atoms with E-state index in [1.807, 2.05) is 23.1 Å². The molecule has 0 atom stereocenters. The highest BCUT2D eigenvalue weighted by Crippen LogP contribution is 2.26. The molecule has 1 heterocycles. The Balaban J connectivity index is 1.53. The lowest BCUT2D eigenvalue weighted by molar-refractivity contribution is -0.385. The first-order valence-corrected chi connectivity index (χ1v) is 11.3. The molecule has 0 aromatic heterocycles.